The maximum atomic E-state index is 12.4. The molecular weight excluding hydrogens is 384 g/mol. The Balaban J connectivity index is 1.51. The fourth-order valence-corrected chi connectivity index (χ4v) is 3.09. The summed E-state index contributed by atoms with van der Waals surface area (Å²) in [5, 5.41) is 2.78. The number of carbonyl (C=O) groups is 2. The molecule has 2 aromatic carbocycles. The van der Waals surface area contributed by atoms with Crippen LogP contribution >= 0.6 is 0 Å². The van der Waals surface area contributed by atoms with Crippen molar-refractivity contribution in [3.63, 3.8) is 0 Å². The van der Waals surface area contributed by atoms with Gasteiger partial charge in [-0.3, -0.25) is 4.79 Å². The van der Waals surface area contributed by atoms with Crippen molar-refractivity contribution in [3.8, 4) is 5.75 Å². The van der Waals surface area contributed by atoms with E-state index in [1.807, 2.05) is 49.4 Å². The zero-order chi connectivity index (χ0) is 21.3. The minimum Gasteiger partial charge on any atom is -0.479 e. The van der Waals surface area contributed by atoms with Crippen LogP contribution < -0.4 is 15.0 Å². The summed E-state index contributed by atoms with van der Waals surface area (Å²) in [6, 6.07) is 16.7. The third kappa shape index (κ3) is 5.97. The Morgan fingerprint density at radius 1 is 1.07 bits per heavy atom. The first-order valence-electron chi connectivity index (χ1n) is 10.2. The van der Waals surface area contributed by atoms with E-state index in [9.17, 15) is 9.59 Å². The number of rotatable bonds is 8. The number of benzene rings is 2. The number of anilines is 2. The monoisotopic (exact) mass is 412 g/mol. The molecule has 1 aliphatic rings. The second kappa shape index (κ2) is 10.6. The fourth-order valence-electron chi connectivity index (χ4n) is 3.09. The van der Waals surface area contributed by atoms with Crippen LogP contribution in [0.3, 0.4) is 0 Å². The number of esters is 1. The molecule has 0 unspecified atom stereocenters. The largest absolute Gasteiger partial charge is 0.479 e. The van der Waals surface area contributed by atoms with Gasteiger partial charge in [0.05, 0.1) is 13.2 Å². The molecule has 0 saturated carbocycles. The average molecular weight is 412 g/mol. The highest BCUT2D eigenvalue weighted by molar-refractivity contribution is 5.95. The van der Waals surface area contributed by atoms with E-state index < -0.39 is 24.1 Å². The van der Waals surface area contributed by atoms with Crippen LogP contribution in [0.15, 0.2) is 54.6 Å². The Morgan fingerprint density at radius 3 is 2.37 bits per heavy atom. The van der Waals surface area contributed by atoms with Gasteiger partial charge in [0.15, 0.2) is 12.2 Å². The molecule has 1 fully saturated rings. The van der Waals surface area contributed by atoms with E-state index in [0.717, 1.165) is 18.8 Å². The van der Waals surface area contributed by atoms with Crippen molar-refractivity contribution in [2.24, 2.45) is 0 Å². The molecule has 3 rings (SSSR count). The van der Waals surface area contributed by atoms with E-state index in [2.05, 4.69) is 10.2 Å². The van der Waals surface area contributed by atoms with Crippen molar-refractivity contribution >= 4 is 23.3 Å². The number of ether oxygens (including phenoxy) is 3. The maximum absolute atomic E-state index is 12.4. The first-order chi connectivity index (χ1) is 14.6. The summed E-state index contributed by atoms with van der Waals surface area (Å²) in [5.74, 6) is -0.373. The van der Waals surface area contributed by atoms with Gasteiger partial charge >= 0.3 is 5.97 Å². The maximum Gasteiger partial charge on any atom is 0.348 e. The number of para-hydroxylation sites is 1. The van der Waals surface area contributed by atoms with E-state index in [0.29, 0.717) is 31.1 Å². The number of nitrogens with one attached hydrogen (secondary N) is 1. The minimum atomic E-state index is -0.940. The van der Waals surface area contributed by atoms with E-state index in [1.165, 1.54) is 0 Å². The molecule has 1 aliphatic heterocycles. The third-order valence-corrected chi connectivity index (χ3v) is 4.83. The van der Waals surface area contributed by atoms with Crippen molar-refractivity contribution < 1.29 is 23.8 Å². The summed E-state index contributed by atoms with van der Waals surface area (Å²) in [6.45, 7) is 6.51. The van der Waals surface area contributed by atoms with Gasteiger partial charge in [0, 0.05) is 24.5 Å². The molecule has 2 atom stereocenters. The van der Waals surface area contributed by atoms with Crippen molar-refractivity contribution in [3.05, 3.63) is 54.6 Å². The number of carbonyl (C=O) groups excluding carboxylic acids is 2. The normalized spacial score (nSPS) is 15.7. The molecule has 1 amide bonds. The minimum absolute atomic E-state index is 0.392. The number of morpholine rings is 1. The van der Waals surface area contributed by atoms with E-state index in [4.69, 9.17) is 14.2 Å². The lowest BCUT2D eigenvalue weighted by Crippen LogP contribution is -2.36. The Bertz CT molecular complexity index is 819. The zero-order valence-electron chi connectivity index (χ0n) is 17.4. The van der Waals surface area contributed by atoms with Crippen molar-refractivity contribution in [2.45, 2.75) is 32.5 Å². The van der Waals surface area contributed by atoms with Crippen LogP contribution in [0.2, 0.25) is 0 Å². The predicted molar refractivity (Wildman–Crippen MR) is 115 cm³/mol. The van der Waals surface area contributed by atoms with Gasteiger partial charge in [-0.15, -0.1) is 0 Å². The van der Waals surface area contributed by atoms with Gasteiger partial charge in [-0.2, -0.15) is 0 Å². The van der Waals surface area contributed by atoms with Crippen LogP contribution in [0.1, 0.15) is 20.3 Å². The van der Waals surface area contributed by atoms with Gasteiger partial charge in [-0.25, -0.2) is 4.79 Å². The van der Waals surface area contributed by atoms with Crippen LogP contribution in [-0.4, -0.2) is 50.4 Å². The van der Waals surface area contributed by atoms with Gasteiger partial charge in [-0.05, 0) is 49.7 Å². The van der Waals surface area contributed by atoms with E-state index >= 15 is 0 Å². The summed E-state index contributed by atoms with van der Waals surface area (Å²) in [5.41, 5.74) is 1.73. The molecule has 7 heteroatoms. The van der Waals surface area contributed by atoms with Crippen LogP contribution in [0.4, 0.5) is 11.4 Å². The SMILES string of the molecule is CC[C@@H](Oc1ccccc1)C(=O)O[C@H](C)C(=O)Nc1ccc(N2CCOCC2)cc1. The fraction of sp³-hybridized carbons (Fsp3) is 0.391. The van der Waals surface area contributed by atoms with Crippen LogP contribution in [0, 0.1) is 0 Å². The summed E-state index contributed by atoms with van der Waals surface area (Å²) in [4.78, 5) is 27.1. The highest BCUT2D eigenvalue weighted by atomic mass is 16.6. The number of hydrogen-bond donors (Lipinski definition) is 1. The third-order valence-electron chi connectivity index (χ3n) is 4.83. The molecule has 7 nitrogen and oxygen atoms in total. The molecule has 1 saturated heterocycles. The summed E-state index contributed by atoms with van der Waals surface area (Å²) >= 11 is 0. The van der Waals surface area contributed by atoms with Crippen LogP contribution in [0.25, 0.3) is 0 Å². The van der Waals surface area contributed by atoms with Crippen LogP contribution in [-0.2, 0) is 19.1 Å². The quantitative estimate of drug-likeness (QED) is 0.671. The molecule has 0 aliphatic carbocycles. The topological polar surface area (TPSA) is 77.1 Å². The van der Waals surface area contributed by atoms with Gasteiger partial charge in [0.2, 0.25) is 0 Å². The zero-order valence-corrected chi connectivity index (χ0v) is 17.4. The second-order valence-corrected chi connectivity index (χ2v) is 7.04. The summed E-state index contributed by atoms with van der Waals surface area (Å²) in [7, 11) is 0. The van der Waals surface area contributed by atoms with Gasteiger partial charge in [0.25, 0.3) is 5.91 Å². The van der Waals surface area contributed by atoms with Gasteiger partial charge in [0.1, 0.15) is 5.75 Å². The molecular formula is C23H28N2O5. The molecule has 1 N–H and O–H groups in total. The standard InChI is InChI=1S/C23H28N2O5/c1-3-21(30-20-7-5-4-6-8-20)23(27)29-17(2)22(26)24-18-9-11-19(12-10-18)25-13-15-28-16-14-25/h4-12,17,21H,3,13-16H2,1-2H3,(H,24,26)/t17-,21-/m1/s1. The Kier molecular flexibility index (Phi) is 7.68. The second-order valence-electron chi connectivity index (χ2n) is 7.04. The average Bonchev–Trinajstić information content (AvgIpc) is 2.79. The predicted octanol–water partition coefficient (Wildman–Crippen LogP) is 3.25. The van der Waals surface area contributed by atoms with Crippen molar-refractivity contribution in [1.82, 2.24) is 0 Å². The molecule has 2 aromatic rings. The van der Waals surface area contributed by atoms with E-state index in [1.54, 1.807) is 19.1 Å². The molecule has 0 radical (unpaired) electrons. The smallest absolute Gasteiger partial charge is 0.348 e. The number of nitrogens with zero attached hydrogens (tertiary/aromatic N) is 1. The number of hydrogen-bond acceptors (Lipinski definition) is 6. The van der Waals surface area contributed by atoms with Crippen LogP contribution in [0.5, 0.6) is 5.75 Å². The molecule has 160 valence electrons. The lowest BCUT2D eigenvalue weighted by Gasteiger charge is -2.29. The van der Waals surface area contributed by atoms with Crippen molar-refractivity contribution in [1.29, 1.82) is 0 Å². The molecule has 0 aromatic heterocycles. The molecule has 1 heterocycles. The Morgan fingerprint density at radius 2 is 1.73 bits per heavy atom. The molecule has 0 bridgehead atoms. The van der Waals surface area contributed by atoms with Gasteiger partial charge < -0.3 is 24.4 Å². The van der Waals surface area contributed by atoms with Crippen molar-refractivity contribution in [2.75, 3.05) is 36.5 Å². The summed E-state index contributed by atoms with van der Waals surface area (Å²) in [6.07, 6.45) is -1.27. The Hall–Kier alpha value is -3.06. The molecule has 30 heavy (non-hydrogen) atoms. The molecule has 0 spiro atoms. The summed E-state index contributed by atoms with van der Waals surface area (Å²) < 4.78 is 16.4. The first-order valence-corrected chi connectivity index (χ1v) is 10.2. The highest BCUT2D eigenvalue weighted by Gasteiger charge is 2.25. The van der Waals surface area contributed by atoms with E-state index in [-0.39, 0.29) is 0 Å². The highest BCUT2D eigenvalue weighted by Crippen LogP contribution is 2.19. The Labute approximate surface area is 176 Å². The number of amides is 1. The lowest BCUT2D eigenvalue weighted by molar-refractivity contribution is -0.160. The lowest BCUT2D eigenvalue weighted by atomic mass is 10.2. The van der Waals surface area contributed by atoms with Gasteiger partial charge in [-0.1, -0.05) is 25.1 Å². The first kappa shape index (κ1) is 21.6.